The van der Waals surface area contributed by atoms with E-state index in [2.05, 4.69) is 0 Å². The van der Waals surface area contributed by atoms with Crippen LogP contribution in [0.4, 0.5) is 14.5 Å². The Morgan fingerprint density at radius 2 is 1.86 bits per heavy atom. The highest BCUT2D eigenvalue weighted by Crippen LogP contribution is 2.30. The van der Waals surface area contributed by atoms with E-state index in [0.717, 1.165) is 23.7 Å². The third-order valence-corrected chi connectivity index (χ3v) is 3.62. The van der Waals surface area contributed by atoms with Crippen LogP contribution < -0.4 is 4.90 Å². The second-order valence-electron chi connectivity index (χ2n) is 5.10. The van der Waals surface area contributed by atoms with Crippen LogP contribution in [0.25, 0.3) is 0 Å². The van der Waals surface area contributed by atoms with Gasteiger partial charge in [0.25, 0.3) is 0 Å². The molecular formula is C16H13F2NO2. The van der Waals surface area contributed by atoms with Crippen molar-refractivity contribution in [3.05, 3.63) is 64.7 Å². The van der Waals surface area contributed by atoms with Crippen LogP contribution >= 0.6 is 0 Å². The van der Waals surface area contributed by atoms with E-state index in [9.17, 15) is 13.6 Å². The number of fused-ring (bicyclic) bond motifs is 1. The standard InChI is InChI=1S/C16H13F2NO2/c17-13-5-10(6-14(18)8-13)9-19-4-3-11-1-2-12(16(20)21)7-15(11)19/h1-2,5-8H,3-4,9H2,(H,20,21). The van der Waals surface area contributed by atoms with Crippen molar-refractivity contribution in [3.8, 4) is 0 Å². The van der Waals surface area contributed by atoms with Crippen molar-refractivity contribution in [1.82, 2.24) is 0 Å². The highest BCUT2D eigenvalue weighted by Gasteiger charge is 2.21. The van der Waals surface area contributed by atoms with E-state index >= 15 is 0 Å². The molecule has 1 N–H and O–H groups in total. The zero-order valence-corrected chi connectivity index (χ0v) is 11.1. The van der Waals surface area contributed by atoms with Crippen molar-refractivity contribution in [3.63, 3.8) is 0 Å². The van der Waals surface area contributed by atoms with Gasteiger partial charge >= 0.3 is 5.97 Å². The lowest BCUT2D eigenvalue weighted by Gasteiger charge is -2.20. The second-order valence-corrected chi connectivity index (χ2v) is 5.10. The fourth-order valence-electron chi connectivity index (χ4n) is 2.67. The first-order chi connectivity index (χ1) is 10.0. The van der Waals surface area contributed by atoms with Gasteiger partial charge in [-0.05, 0) is 41.8 Å². The molecule has 0 radical (unpaired) electrons. The highest BCUT2D eigenvalue weighted by atomic mass is 19.1. The Labute approximate surface area is 120 Å². The van der Waals surface area contributed by atoms with Gasteiger partial charge in [-0.25, -0.2) is 13.6 Å². The summed E-state index contributed by atoms with van der Waals surface area (Å²) in [4.78, 5) is 13.0. The first-order valence-corrected chi connectivity index (χ1v) is 6.59. The average Bonchev–Trinajstić information content (AvgIpc) is 2.80. The maximum absolute atomic E-state index is 13.2. The van der Waals surface area contributed by atoms with Crippen LogP contribution in [0.5, 0.6) is 0 Å². The summed E-state index contributed by atoms with van der Waals surface area (Å²) in [5, 5.41) is 9.05. The van der Waals surface area contributed by atoms with Crippen LogP contribution in [0, 0.1) is 11.6 Å². The van der Waals surface area contributed by atoms with Gasteiger partial charge in [0.2, 0.25) is 0 Å². The third kappa shape index (κ3) is 2.72. The predicted molar refractivity (Wildman–Crippen MR) is 74.5 cm³/mol. The van der Waals surface area contributed by atoms with E-state index < -0.39 is 17.6 Å². The Balaban J connectivity index is 1.89. The molecule has 108 valence electrons. The SMILES string of the molecule is O=C(O)c1ccc2c(c1)N(Cc1cc(F)cc(F)c1)CC2. The number of rotatable bonds is 3. The largest absolute Gasteiger partial charge is 0.478 e. The third-order valence-electron chi connectivity index (χ3n) is 3.62. The zero-order chi connectivity index (χ0) is 15.0. The fourth-order valence-corrected chi connectivity index (χ4v) is 2.67. The molecule has 2 aromatic rings. The zero-order valence-electron chi connectivity index (χ0n) is 11.1. The number of aromatic carboxylic acids is 1. The summed E-state index contributed by atoms with van der Waals surface area (Å²) < 4.78 is 26.5. The summed E-state index contributed by atoms with van der Waals surface area (Å²) in [6, 6.07) is 8.41. The summed E-state index contributed by atoms with van der Waals surface area (Å²) in [5.41, 5.74) is 2.61. The molecule has 5 heteroatoms. The van der Waals surface area contributed by atoms with Gasteiger partial charge in [-0.15, -0.1) is 0 Å². The van der Waals surface area contributed by atoms with Gasteiger partial charge in [0.05, 0.1) is 5.56 Å². The maximum atomic E-state index is 13.2. The number of carboxylic acids is 1. The van der Waals surface area contributed by atoms with Crippen molar-refractivity contribution in [1.29, 1.82) is 0 Å². The number of hydrogen-bond acceptors (Lipinski definition) is 2. The topological polar surface area (TPSA) is 40.5 Å². The van der Waals surface area contributed by atoms with Gasteiger partial charge in [0.15, 0.2) is 0 Å². The van der Waals surface area contributed by atoms with Gasteiger partial charge in [-0.3, -0.25) is 0 Å². The number of carboxylic acid groups (broad SMARTS) is 1. The molecule has 0 saturated heterocycles. The maximum Gasteiger partial charge on any atom is 0.335 e. The molecule has 0 aromatic heterocycles. The Bertz CT molecular complexity index is 695. The minimum atomic E-state index is -0.985. The number of hydrogen-bond donors (Lipinski definition) is 1. The summed E-state index contributed by atoms with van der Waals surface area (Å²) in [6.07, 6.45) is 0.799. The number of halogens is 2. The number of nitrogens with zero attached hydrogens (tertiary/aromatic N) is 1. The summed E-state index contributed by atoms with van der Waals surface area (Å²) >= 11 is 0. The monoisotopic (exact) mass is 289 g/mol. The highest BCUT2D eigenvalue weighted by molar-refractivity contribution is 5.89. The lowest BCUT2D eigenvalue weighted by Crippen LogP contribution is -2.20. The van der Waals surface area contributed by atoms with E-state index in [4.69, 9.17) is 5.11 Å². The molecule has 0 fully saturated rings. The number of benzene rings is 2. The minimum Gasteiger partial charge on any atom is -0.478 e. The Morgan fingerprint density at radius 1 is 1.14 bits per heavy atom. The lowest BCUT2D eigenvalue weighted by atomic mass is 10.1. The molecule has 3 rings (SSSR count). The van der Waals surface area contributed by atoms with E-state index in [0.29, 0.717) is 18.7 Å². The summed E-state index contributed by atoms with van der Waals surface area (Å²) in [5.74, 6) is -2.20. The molecular weight excluding hydrogens is 276 g/mol. The van der Waals surface area contributed by atoms with Gasteiger partial charge < -0.3 is 10.0 Å². The van der Waals surface area contributed by atoms with E-state index in [-0.39, 0.29) is 5.56 Å². The van der Waals surface area contributed by atoms with Crippen molar-refractivity contribution in [2.75, 3.05) is 11.4 Å². The van der Waals surface area contributed by atoms with Gasteiger partial charge in [-0.2, -0.15) is 0 Å². The molecule has 0 unspecified atom stereocenters. The van der Waals surface area contributed by atoms with E-state index in [1.807, 2.05) is 4.90 Å². The van der Waals surface area contributed by atoms with Crippen molar-refractivity contribution in [2.45, 2.75) is 13.0 Å². The number of carbonyl (C=O) groups is 1. The van der Waals surface area contributed by atoms with Crippen LogP contribution in [-0.2, 0) is 13.0 Å². The van der Waals surface area contributed by atoms with Crippen LogP contribution in [0.1, 0.15) is 21.5 Å². The summed E-state index contributed by atoms with van der Waals surface area (Å²) in [7, 11) is 0. The molecule has 0 aliphatic carbocycles. The molecule has 1 heterocycles. The van der Waals surface area contributed by atoms with Gasteiger partial charge in [0, 0.05) is 24.8 Å². The molecule has 1 aliphatic heterocycles. The Hall–Kier alpha value is -2.43. The Morgan fingerprint density at radius 3 is 2.52 bits per heavy atom. The van der Waals surface area contributed by atoms with Crippen LogP contribution in [0.15, 0.2) is 36.4 Å². The van der Waals surface area contributed by atoms with Gasteiger partial charge in [0.1, 0.15) is 11.6 Å². The predicted octanol–water partition coefficient (Wildman–Crippen LogP) is 3.23. The van der Waals surface area contributed by atoms with Crippen molar-refractivity contribution in [2.24, 2.45) is 0 Å². The lowest BCUT2D eigenvalue weighted by molar-refractivity contribution is 0.0697. The molecule has 0 bridgehead atoms. The first kappa shape index (κ1) is 13.5. The molecule has 2 aromatic carbocycles. The van der Waals surface area contributed by atoms with E-state index in [1.54, 1.807) is 18.2 Å². The van der Waals surface area contributed by atoms with Crippen molar-refractivity contribution < 1.29 is 18.7 Å². The fraction of sp³-hybridized carbons (Fsp3) is 0.188. The molecule has 0 atom stereocenters. The smallest absolute Gasteiger partial charge is 0.335 e. The normalized spacial score (nSPS) is 13.3. The molecule has 0 amide bonds. The van der Waals surface area contributed by atoms with E-state index in [1.165, 1.54) is 12.1 Å². The van der Waals surface area contributed by atoms with Crippen LogP contribution in [0.2, 0.25) is 0 Å². The second kappa shape index (κ2) is 5.16. The Kier molecular flexibility index (Phi) is 3.33. The first-order valence-electron chi connectivity index (χ1n) is 6.59. The van der Waals surface area contributed by atoms with Crippen molar-refractivity contribution >= 4 is 11.7 Å². The summed E-state index contributed by atoms with van der Waals surface area (Å²) in [6.45, 7) is 1.06. The number of anilines is 1. The molecule has 1 aliphatic rings. The minimum absolute atomic E-state index is 0.214. The molecule has 0 saturated carbocycles. The molecule has 3 nitrogen and oxygen atoms in total. The quantitative estimate of drug-likeness (QED) is 0.943. The molecule has 21 heavy (non-hydrogen) atoms. The molecule has 0 spiro atoms. The average molecular weight is 289 g/mol. The van der Waals surface area contributed by atoms with Gasteiger partial charge in [-0.1, -0.05) is 6.07 Å². The van der Waals surface area contributed by atoms with Crippen LogP contribution in [-0.4, -0.2) is 17.6 Å². The van der Waals surface area contributed by atoms with Crippen LogP contribution in [0.3, 0.4) is 0 Å².